The van der Waals surface area contributed by atoms with E-state index in [4.69, 9.17) is 29.6 Å². The number of carbonyl (C=O) groups is 3. The van der Waals surface area contributed by atoms with Gasteiger partial charge in [-0.25, -0.2) is 5.01 Å². The largest absolute Gasteiger partial charge is 0.370 e. The molecule has 0 spiro atoms. The Balaban J connectivity index is 2.19. The molecule has 3 N–H and O–H groups in total. The first-order valence-corrected chi connectivity index (χ1v) is 7.05. The lowest BCUT2D eigenvalue weighted by molar-refractivity contribution is -0.130. The van der Waals surface area contributed by atoms with E-state index in [9.17, 15) is 14.4 Å². The number of nitrogens with zero attached hydrogens (tertiary/aromatic N) is 2. The minimum Gasteiger partial charge on any atom is -0.370 e. The number of nitrogens with one attached hydrogen (secondary N) is 1. The Morgan fingerprint density at radius 2 is 1.95 bits per heavy atom. The molecule has 9 heteroatoms. The standard InChI is InChI=1S/C13H13ClN4O3S/c1-17-12(21)9(6-10(15)19)18(13(17)22)16-11(20)7-2-4-8(14)5-3-7/h2-5,9H,6H2,1H3,(H2,15,19)(H,16,20)/t9-/m1/s1. The number of hydrazine groups is 1. The summed E-state index contributed by atoms with van der Waals surface area (Å²) in [4.78, 5) is 36.5. The molecule has 1 aliphatic rings. The molecule has 1 aliphatic heterocycles. The fourth-order valence-electron chi connectivity index (χ4n) is 1.99. The van der Waals surface area contributed by atoms with Crippen LogP contribution in [0.2, 0.25) is 5.02 Å². The summed E-state index contributed by atoms with van der Waals surface area (Å²) in [5.74, 6) is -1.54. The third-order valence-electron chi connectivity index (χ3n) is 3.14. The van der Waals surface area contributed by atoms with Gasteiger partial charge in [0.25, 0.3) is 11.8 Å². The van der Waals surface area contributed by atoms with Crippen LogP contribution in [0.1, 0.15) is 16.8 Å². The molecule has 0 unspecified atom stereocenters. The Bertz CT molecular complexity index is 649. The van der Waals surface area contributed by atoms with E-state index in [1.165, 1.54) is 29.1 Å². The summed E-state index contributed by atoms with van der Waals surface area (Å²) in [6.07, 6.45) is -0.246. The maximum atomic E-state index is 12.2. The molecule has 1 aromatic rings. The quantitative estimate of drug-likeness (QED) is 0.768. The highest BCUT2D eigenvalue weighted by molar-refractivity contribution is 7.80. The zero-order chi connectivity index (χ0) is 16.4. The number of amides is 3. The number of hydrogen-bond donors (Lipinski definition) is 2. The van der Waals surface area contributed by atoms with Crippen LogP contribution in [0.4, 0.5) is 0 Å². The Labute approximate surface area is 137 Å². The topological polar surface area (TPSA) is 95.7 Å². The summed E-state index contributed by atoms with van der Waals surface area (Å²) in [5.41, 5.74) is 8.00. The molecule has 116 valence electrons. The van der Waals surface area contributed by atoms with Gasteiger partial charge in [0.1, 0.15) is 6.04 Å². The zero-order valence-corrected chi connectivity index (χ0v) is 13.1. The molecule has 22 heavy (non-hydrogen) atoms. The Kier molecular flexibility index (Phi) is 4.62. The summed E-state index contributed by atoms with van der Waals surface area (Å²) in [6, 6.07) is 5.26. The van der Waals surface area contributed by atoms with Gasteiger partial charge < -0.3 is 5.73 Å². The molecule has 0 saturated carbocycles. The van der Waals surface area contributed by atoms with E-state index in [-0.39, 0.29) is 11.5 Å². The Morgan fingerprint density at radius 3 is 2.50 bits per heavy atom. The molecule has 3 amide bonds. The summed E-state index contributed by atoms with van der Waals surface area (Å²) in [5, 5.41) is 1.77. The van der Waals surface area contributed by atoms with Gasteiger partial charge in [-0.3, -0.25) is 24.7 Å². The van der Waals surface area contributed by atoms with Gasteiger partial charge in [0.2, 0.25) is 5.91 Å². The molecule has 1 fully saturated rings. The first-order valence-electron chi connectivity index (χ1n) is 6.27. The van der Waals surface area contributed by atoms with Gasteiger partial charge in [-0.05, 0) is 36.5 Å². The van der Waals surface area contributed by atoms with E-state index >= 15 is 0 Å². The molecule has 0 aliphatic carbocycles. The molecule has 0 aromatic heterocycles. The molecule has 0 bridgehead atoms. The van der Waals surface area contributed by atoms with E-state index in [1.807, 2.05) is 0 Å². The maximum Gasteiger partial charge on any atom is 0.269 e. The second-order valence-electron chi connectivity index (χ2n) is 4.68. The van der Waals surface area contributed by atoms with E-state index in [1.54, 1.807) is 12.1 Å². The number of hydrogen-bond acceptors (Lipinski definition) is 4. The summed E-state index contributed by atoms with van der Waals surface area (Å²) in [6.45, 7) is 0. The van der Waals surface area contributed by atoms with Crippen molar-refractivity contribution in [3.05, 3.63) is 34.9 Å². The molecule has 0 radical (unpaired) electrons. The van der Waals surface area contributed by atoms with Crippen molar-refractivity contribution >= 4 is 46.7 Å². The lowest BCUT2D eigenvalue weighted by Crippen LogP contribution is -2.49. The van der Waals surface area contributed by atoms with Gasteiger partial charge in [-0.15, -0.1) is 0 Å². The van der Waals surface area contributed by atoms with Crippen LogP contribution in [-0.2, 0) is 9.59 Å². The van der Waals surface area contributed by atoms with Crippen molar-refractivity contribution in [2.24, 2.45) is 5.73 Å². The zero-order valence-electron chi connectivity index (χ0n) is 11.6. The number of carbonyl (C=O) groups excluding carboxylic acids is 3. The number of thiocarbonyl (C=S) groups is 1. The van der Waals surface area contributed by atoms with Crippen molar-refractivity contribution in [2.45, 2.75) is 12.5 Å². The van der Waals surface area contributed by atoms with E-state index in [0.717, 1.165) is 0 Å². The van der Waals surface area contributed by atoms with Gasteiger partial charge in [0.05, 0.1) is 6.42 Å². The summed E-state index contributed by atoms with van der Waals surface area (Å²) >= 11 is 10.9. The first-order chi connectivity index (χ1) is 10.3. The predicted octanol–water partition coefficient (Wildman–Crippen LogP) is 0.288. The smallest absolute Gasteiger partial charge is 0.269 e. The summed E-state index contributed by atoms with van der Waals surface area (Å²) in [7, 11) is 1.47. The Morgan fingerprint density at radius 1 is 1.36 bits per heavy atom. The SMILES string of the molecule is CN1C(=O)[C@@H](CC(N)=O)N(NC(=O)c2ccc(Cl)cc2)C1=S. The number of likely N-dealkylation sites (N-methyl/N-ethyl adjacent to an activating group) is 1. The molecular formula is C13H13ClN4O3S. The van der Waals surface area contributed by atoms with Crippen LogP contribution in [0.5, 0.6) is 0 Å². The normalized spacial score (nSPS) is 17.8. The molecule has 1 heterocycles. The van der Waals surface area contributed by atoms with Crippen molar-refractivity contribution in [3.8, 4) is 0 Å². The average molecular weight is 341 g/mol. The number of nitrogens with two attached hydrogens (primary N) is 1. The highest BCUT2D eigenvalue weighted by atomic mass is 35.5. The van der Waals surface area contributed by atoms with Crippen LogP contribution in [0, 0.1) is 0 Å². The van der Waals surface area contributed by atoms with Crippen LogP contribution < -0.4 is 11.2 Å². The lowest BCUT2D eigenvalue weighted by atomic mass is 10.2. The molecule has 1 saturated heterocycles. The number of rotatable bonds is 4. The molecule has 1 aromatic carbocycles. The molecule has 7 nitrogen and oxygen atoms in total. The fraction of sp³-hybridized carbons (Fsp3) is 0.231. The second kappa shape index (κ2) is 6.29. The highest BCUT2D eigenvalue weighted by Crippen LogP contribution is 2.17. The highest BCUT2D eigenvalue weighted by Gasteiger charge is 2.42. The van der Waals surface area contributed by atoms with Gasteiger partial charge in [-0.2, -0.15) is 0 Å². The number of primary amides is 1. The summed E-state index contributed by atoms with van der Waals surface area (Å²) < 4.78 is 0. The molecular weight excluding hydrogens is 328 g/mol. The van der Waals surface area contributed by atoms with Crippen molar-refractivity contribution in [2.75, 3.05) is 7.05 Å². The minimum atomic E-state index is -0.939. The Hall–Kier alpha value is -2.19. The molecule has 2 rings (SSSR count). The van der Waals surface area contributed by atoms with Crippen LogP contribution in [0.3, 0.4) is 0 Å². The van der Waals surface area contributed by atoms with Gasteiger partial charge in [0.15, 0.2) is 5.11 Å². The van der Waals surface area contributed by atoms with E-state index in [2.05, 4.69) is 5.43 Å². The van der Waals surface area contributed by atoms with Crippen LogP contribution >= 0.6 is 23.8 Å². The van der Waals surface area contributed by atoms with E-state index in [0.29, 0.717) is 10.6 Å². The predicted molar refractivity (Wildman–Crippen MR) is 83.7 cm³/mol. The van der Waals surface area contributed by atoms with Crippen molar-refractivity contribution in [1.29, 1.82) is 0 Å². The van der Waals surface area contributed by atoms with Gasteiger partial charge in [0, 0.05) is 17.6 Å². The third kappa shape index (κ3) is 3.18. The molecule has 1 atom stereocenters. The minimum absolute atomic E-state index is 0.0959. The van der Waals surface area contributed by atoms with Gasteiger partial charge >= 0.3 is 0 Å². The number of benzene rings is 1. The van der Waals surface area contributed by atoms with Crippen LogP contribution in [0.15, 0.2) is 24.3 Å². The monoisotopic (exact) mass is 340 g/mol. The van der Waals surface area contributed by atoms with Crippen molar-refractivity contribution in [1.82, 2.24) is 15.3 Å². The fourth-order valence-corrected chi connectivity index (χ4v) is 2.38. The number of halogens is 1. The van der Waals surface area contributed by atoms with Crippen molar-refractivity contribution < 1.29 is 14.4 Å². The van der Waals surface area contributed by atoms with Crippen molar-refractivity contribution in [3.63, 3.8) is 0 Å². The lowest BCUT2D eigenvalue weighted by Gasteiger charge is -2.23. The maximum absolute atomic E-state index is 12.2. The second-order valence-corrected chi connectivity index (χ2v) is 5.49. The van der Waals surface area contributed by atoms with E-state index < -0.39 is 23.8 Å². The van der Waals surface area contributed by atoms with Crippen LogP contribution in [-0.4, -0.2) is 45.8 Å². The third-order valence-corrected chi connectivity index (χ3v) is 3.87. The first kappa shape index (κ1) is 16.2. The van der Waals surface area contributed by atoms with Gasteiger partial charge in [-0.1, -0.05) is 11.6 Å². The van der Waals surface area contributed by atoms with Crippen LogP contribution in [0.25, 0.3) is 0 Å². The average Bonchev–Trinajstić information content (AvgIpc) is 2.65.